The van der Waals surface area contributed by atoms with Crippen molar-refractivity contribution in [3.63, 3.8) is 0 Å². The van der Waals surface area contributed by atoms with Gasteiger partial charge in [0, 0.05) is 17.3 Å². The van der Waals surface area contributed by atoms with E-state index in [1.54, 1.807) is 36.6 Å². The van der Waals surface area contributed by atoms with Crippen LogP contribution in [0.1, 0.15) is 26.4 Å². The Hall–Kier alpha value is -3.20. The first-order chi connectivity index (χ1) is 13.4. The number of hydrogen-bond acceptors (Lipinski definition) is 8. The molecule has 9 heteroatoms. The second-order valence-corrected chi connectivity index (χ2v) is 6.28. The summed E-state index contributed by atoms with van der Waals surface area (Å²) in [4.78, 5) is 39.4. The van der Waals surface area contributed by atoms with Gasteiger partial charge in [-0.05, 0) is 42.7 Å². The number of Topliss-reactive ketones (excluding diaryl/α,β-unsaturated/α-hetero) is 1. The van der Waals surface area contributed by atoms with Gasteiger partial charge in [-0.15, -0.1) is 11.8 Å². The first kappa shape index (κ1) is 21.1. The van der Waals surface area contributed by atoms with Crippen LogP contribution in [0.5, 0.6) is 5.75 Å². The third-order valence-corrected chi connectivity index (χ3v) is 4.28. The van der Waals surface area contributed by atoms with E-state index >= 15 is 0 Å². The Bertz CT molecular complexity index is 866. The van der Waals surface area contributed by atoms with E-state index in [1.165, 1.54) is 31.1 Å². The number of ether oxygens (including phenoxy) is 2. The van der Waals surface area contributed by atoms with Crippen molar-refractivity contribution < 1.29 is 23.9 Å². The second-order valence-electron chi connectivity index (χ2n) is 5.46. The van der Waals surface area contributed by atoms with Crippen molar-refractivity contribution in [2.75, 3.05) is 26.5 Å². The van der Waals surface area contributed by atoms with Gasteiger partial charge in [-0.2, -0.15) is 0 Å². The molecule has 0 bridgehead atoms. The van der Waals surface area contributed by atoms with E-state index < -0.39 is 11.9 Å². The molecule has 1 heterocycles. The molecular weight excluding hydrogens is 382 g/mol. The van der Waals surface area contributed by atoms with E-state index in [-0.39, 0.29) is 24.6 Å². The number of amides is 1. The molecule has 0 spiro atoms. The molecule has 1 amide bonds. The largest absolute Gasteiger partial charge is 0.482 e. The van der Waals surface area contributed by atoms with Crippen molar-refractivity contribution in [2.24, 2.45) is 0 Å². The average Bonchev–Trinajstić information content (AvgIpc) is 2.75. The van der Waals surface area contributed by atoms with Gasteiger partial charge in [0.15, 0.2) is 12.4 Å². The maximum absolute atomic E-state index is 12.2. The van der Waals surface area contributed by atoms with Crippen LogP contribution in [0, 0.1) is 5.41 Å². The Morgan fingerprint density at radius 2 is 1.79 bits per heavy atom. The lowest BCUT2D eigenvalue weighted by Gasteiger charge is -2.07. The molecule has 0 fully saturated rings. The smallest absolute Gasteiger partial charge is 0.343 e. The summed E-state index contributed by atoms with van der Waals surface area (Å²) in [6.07, 6.45) is 3.23. The van der Waals surface area contributed by atoms with Gasteiger partial charge in [0.25, 0.3) is 5.91 Å². The lowest BCUT2D eigenvalue weighted by Crippen LogP contribution is -2.30. The number of aromatic nitrogens is 1. The van der Waals surface area contributed by atoms with Crippen LogP contribution in [0.4, 0.5) is 0 Å². The van der Waals surface area contributed by atoms with Crippen LogP contribution in [-0.4, -0.2) is 54.2 Å². The molecule has 2 N–H and O–H groups in total. The SMILES string of the molecule is COC(=O)COc1ccc(C(=O)CNC(=O)c2ccc(C(=N)SC)cn2)cc1. The summed E-state index contributed by atoms with van der Waals surface area (Å²) in [5.41, 5.74) is 1.18. The van der Waals surface area contributed by atoms with Gasteiger partial charge in [-0.1, -0.05) is 0 Å². The van der Waals surface area contributed by atoms with Crippen molar-refractivity contribution >= 4 is 34.5 Å². The average molecular weight is 401 g/mol. The number of nitrogens with one attached hydrogen (secondary N) is 2. The second kappa shape index (κ2) is 10.2. The molecule has 0 unspecified atom stereocenters. The third kappa shape index (κ3) is 5.92. The van der Waals surface area contributed by atoms with Gasteiger partial charge in [0.1, 0.15) is 11.4 Å². The fraction of sp³-hybridized carbons (Fsp3) is 0.211. The van der Waals surface area contributed by atoms with Gasteiger partial charge >= 0.3 is 5.97 Å². The molecule has 2 rings (SSSR count). The number of ketones is 1. The van der Waals surface area contributed by atoms with E-state index in [2.05, 4.69) is 15.0 Å². The summed E-state index contributed by atoms with van der Waals surface area (Å²) in [6.45, 7) is -0.409. The topological polar surface area (TPSA) is 118 Å². The Kier molecular flexibility index (Phi) is 7.70. The van der Waals surface area contributed by atoms with Crippen molar-refractivity contribution in [3.05, 3.63) is 59.4 Å². The fourth-order valence-corrected chi connectivity index (χ4v) is 2.43. The summed E-state index contributed by atoms with van der Waals surface area (Å²) >= 11 is 1.28. The number of esters is 1. The van der Waals surface area contributed by atoms with Crippen molar-refractivity contribution in [1.29, 1.82) is 5.41 Å². The van der Waals surface area contributed by atoms with Crippen LogP contribution >= 0.6 is 11.8 Å². The molecule has 0 saturated heterocycles. The molecule has 1 aromatic heterocycles. The molecule has 1 aromatic carbocycles. The molecule has 0 aliphatic heterocycles. The minimum atomic E-state index is -0.505. The first-order valence-electron chi connectivity index (χ1n) is 8.14. The summed E-state index contributed by atoms with van der Waals surface area (Å²) in [7, 11) is 1.26. The quantitative estimate of drug-likeness (QED) is 0.300. The zero-order valence-corrected chi connectivity index (χ0v) is 16.2. The highest BCUT2D eigenvalue weighted by Gasteiger charge is 2.12. The van der Waals surface area contributed by atoms with Gasteiger partial charge in [-0.25, -0.2) is 4.79 Å². The minimum absolute atomic E-state index is 0.164. The van der Waals surface area contributed by atoms with Crippen LogP contribution in [0.2, 0.25) is 0 Å². The number of pyridine rings is 1. The Morgan fingerprint density at radius 1 is 1.11 bits per heavy atom. The van der Waals surface area contributed by atoms with Gasteiger partial charge in [0.05, 0.1) is 18.7 Å². The Morgan fingerprint density at radius 3 is 2.36 bits per heavy atom. The lowest BCUT2D eigenvalue weighted by atomic mass is 10.1. The number of hydrogen-bond donors (Lipinski definition) is 2. The van der Waals surface area contributed by atoms with Gasteiger partial charge in [-0.3, -0.25) is 20.0 Å². The standard InChI is InChI=1S/C19H19N3O5S/c1-26-17(24)11-27-14-6-3-12(4-7-14)16(23)10-22-19(25)15-8-5-13(9-21-15)18(20)28-2/h3-9,20H,10-11H2,1-2H3,(H,22,25). The molecule has 0 aliphatic rings. The first-order valence-corrected chi connectivity index (χ1v) is 9.37. The Labute approximate surface area is 166 Å². The van der Waals surface area contributed by atoms with Gasteiger partial charge < -0.3 is 14.8 Å². The molecule has 0 aliphatic carbocycles. The fourth-order valence-electron chi connectivity index (χ4n) is 2.07. The zero-order valence-electron chi connectivity index (χ0n) is 15.4. The van der Waals surface area contributed by atoms with Gasteiger partial charge in [0.2, 0.25) is 0 Å². The molecule has 0 atom stereocenters. The zero-order chi connectivity index (χ0) is 20.5. The van der Waals surface area contributed by atoms with E-state index in [4.69, 9.17) is 10.1 Å². The van der Waals surface area contributed by atoms with Crippen molar-refractivity contribution in [3.8, 4) is 5.75 Å². The van der Waals surface area contributed by atoms with E-state index in [0.29, 0.717) is 21.9 Å². The maximum Gasteiger partial charge on any atom is 0.343 e. The maximum atomic E-state index is 12.2. The number of nitrogens with zero attached hydrogens (tertiary/aromatic N) is 1. The number of carbonyl (C=O) groups is 3. The van der Waals surface area contributed by atoms with E-state index in [9.17, 15) is 14.4 Å². The predicted molar refractivity (Wildman–Crippen MR) is 105 cm³/mol. The van der Waals surface area contributed by atoms with E-state index in [0.717, 1.165) is 0 Å². The minimum Gasteiger partial charge on any atom is -0.482 e. The molecule has 2 aromatic rings. The van der Waals surface area contributed by atoms with Crippen LogP contribution in [0.25, 0.3) is 0 Å². The molecule has 0 saturated carbocycles. The number of benzene rings is 1. The van der Waals surface area contributed by atoms with Crippen molar-refractivity contribution in [1.82, 2.24) is 10.3 Å². The summed E-state index contributed by atoms with van der Waals surface area (Å²) in [5, 5.41) is 10.6. The normalized spacial score (nSPS) is 10.1. The highest BCUT2D eigenvalue weighted by Crippen LogP contribution is 2.13. The summed E-state index contributed by atoms with van der Waals surface area (Å²) < 4.78 is 9.68. The number of rotatable bonds is 8. The molecule has 146 valence electrons. The molecular formula is C19H19N3O5S. The van der Waals surface area contributed by atoms with Crippen LogP contribution in [-0.2, 0) is 9.53 Å². The van der Waals surface area contributed by atoms with Crippen LogP contribution in [0.15, 0.2) is 42.6 Å². The molecule has 28 heavy (non-hydrogen) atoms. The van der Waals surface area contributed by atoms with Crippen LogP contribution in [0.3, 0.4) is 0 Å². The summed E-state index contributed by atoms with van der Waals surface area (Å²) in [5.74, 6) is -0.844. The van der Waals surface area contributed by atoms with Crippen molar-refractivity contribution in [2.45, 2.75) is 0 Å². The highest BCUT2D eigenvalue weighted by molar-refractivity contribution is 8.13. The number of thioether (sulfide) groups is 1. The predicted octanol–water partition coefficient (Wildman–Crippen LogP) is 1.93. The lowest BCUT2D eigenvalue weighted by molar-refractivity contribution is -0.142. The van der Waals surface area contributed by atoms with Crippen LogP contribution < -0.4 is 10.1 Å². The third-order valence-electron chi connectivity index (χ3n) is 3.63. The highest BCUT2D eigenvalue weighted by atomic mass is 32.2. The molecule has 0 radical (unpaired) electrons. The van der Waals surface area contributed by atoms with E-state index in [1.807, 2.05) is 0 Å². The Balaban J connectivity index is 1.88. The summed E-state index contributed by atoms with van der Waals surface area (Å²) in [6, 6.07) is 9.34. The molecule has 8 nitrogen and oxygen atoms in total. The number of methoxy groups -OCH3 is 1. The number of carbonyl (C=O) groups excluding carboxylic acids is 3. The monoisotopic (exact) mass is 401 g/mol.